The zero-order valence-corrected chi connectivity index (χ0v) is 17.2. The molecule has 0 saturated carbocycles. The first-order valence-corrected chi connectivity index (χ1v) is 10.1. The van der Waals surface area contributed by atoms with Crippen LogP contribution < -0.4 is 10.0 Å². The quantitative estimate of drug-likeness (QED) is 0.505. The molecule has 0 saturated heterocycles. The van der Waals surface area contributed by atoms with Crippen molar-refractivity contribution in [1.82, 2.24) is 14.7 Å². The van der Waals surface area contributed by atoms with Crippen LogP contribution in [0.3, 0.4) is 0 Å². The maximum atomic E-state index is 10.3. The Bertz CT molecular complexity index is 879. The molecule has 1 heterocycles. The summed E-state index contributed by atoms with van der Waals surface area (Å²) in [6.07, 6.45) is 0.947. The van der Waals surface area contributed by atoms with Crippen molar-refractivity contribution in [1.29, 1.82) is 0 Å². The normalized spacial score (nSPS) is 12.6. The number of hydrogen-bond donors (Lipinski definition) is 3. The van der Waals surface area contributed by atoms with Gasteiger partial charge < -0.3 is 10.4 Å². The second kappa shape index (κ2) is 9.19. The number of rotatable bonds is 7. The highest BCUT2D eigenvalue weighted by Crippen LogP contribution is 2.24. The average molecular weight is 395 g/mol. The van der Waals surface area contributed by atoms with Crippen LogP contribution in [0.5, 0.6) is 0 Å². The molecule has 3 rings (SSSR count). The second-order valence-electron chi connectivity index (χ2n) is 7.57. The predicted molar refractivity (Wildman–Crippen MR) is 116 cm³/mol. The van der Waals surface area contributed by atoms with Crippen LogP contribution in [0.2, 0.25) is 0 Å². The Morgan fingerprint density at radius 3 is 2.39 bits per heavy atom. The fourth-order valence-electron chi connectivity index (χ4n) is 2.51. The molecular formula is C22H26N4OS. The molecule has 0 aliphatic carbocycles. The van der Waals surface area contributed by atoms with E-state index >= 15 is 0 Å². The molecule has 1 atom stereocenters. The van der Waals surface area contributed by atoms with Gasteiger partial charge in [0.2, 0.25) is 0 Å². The van der Waals surface area contributed by atoms with E-state index < -0.39 is 6.10 Å². The summed E-state index contributed by atoms with van der Waals surface area (Å²) in [4.78, 5) is 9.78. The number of aromatic nitrogens is 2. The molecule has 146 valence electrons. The van der Waals surface area contributed by atoms with E-state index in [2.05, 4.69) is 65.0 Å². The summed E-state index contributed by atoms with van der Waals surface area (Å²) in [6, 6.07) is 19.7. The monoisotopic (exact) mass is 394 g/mol. The fraction of sp³-hybridized carbons (Fsp3) is 0.273. The van der Waals surface area contributed by atoms with Crippen molar-refractivity contribution >= 4 is 17.8 Å². The molecule has 1 aromatic heterocycles. The number of aliphatic hydroxyl groups is 1. The van der Waals surface area contributed by atoms with Crippen molar-refractivity contribution in [3.8, 4) is 11.3 Å². The highest BCUT2D eigenvalue weighted by atomic mass is 32.2. The number of hydrogen-bond acceptors (Lipinski definition) is 6. The molecule has 0 aliphatic rings. The zero-order valence-electron chi connectivity index (χ0n) is 16.4. The smallest absolute Gasteiger partial charge is 0.130 e. The third-order valence-corrected chi connectivity index (χ3v) is 5.18. The van der Waals surface area contributed by atoms with Crippen LogP contribution in [0.1, 0.15) is 32.4 Å². The van der Waals surface area contributed by atoms with Gasteiger partial charge in [0.05, 0.1) is 11.8 Å². The first kappa shape index (κ1) is 20.3. The summed E-state index contributed by atoms with van der Waals surface area (Å²) in [5.41, 5.74) is 2.79. The van der Waals surface area contributed by atoms with Crippen LogP contribution in [-0.4, -0.2) is 27.2 Å². The molecule has 0 fully saturated rings. The van der Waals surface area contributed by atoms with Gasteiger partial charge in [0.25, 0.3) is 0 Å². The number of aliphatic hydroxyl groups excluding tert-OH is 1. The highest BCUT2D eigenvalue weighted by Gasteiger charge is 2.10. The minimum atomic E-state index is -0.591. The molecule has 5 nitrogen and oxygen atoms in total. The van der Waals surface area contributed by atoms with Crippen LogP contribution in [0.4, 0.5) is 5.82 Å². The minimum absolute atomic E-state index is 0.0564. The average Bonchev–Trinajstić information content (AvgIpc) is 2.71. The Labute approximate surface area is 170 Å². The molecule has 0 bridgehead atoms. The number of nitrogens with zero attached hydrogens (tertiary/aromatic N) is 2. The molecule has 3 N–H and O–H groups in total. The van der Waals surface area contributed by atoms with Crippen LogP contribution in [-0.2, 0) is 0 Å². The lowest BCUT2D eigenvalue weighted by Gasteiger charge is -2.19. The summed E-state index contributed by atoms with van der Waals surface area (Å²) in [5.74, 6) is 0.688. The van der Waals surface area contributed by atoms with E-state index in [-0.39, 0.29) is 5.54 Å². The predicted octanol–water partition coefficient (Wildman–Crippen LogP) is 4.68. The van der Waals surface area contributed by atoms with E-state index in [1.165, 1.54) is 6.33 Å². The molecule has 2 aromatic carbocycles. The maximum absolute atomic E-state index is 10.3. The van der Waals surface area contributed by atoms with Crippen LogP contribution >= 0.6 is 11.9 Å². The van der Waals surface area contributed by atoms with Crippen molar-refractivity contribution in [2.45, 2.75) is 37.3 Å². The van der Waals surface area contributed by atoms with Gasteiger partial charge in [-0.1, -0.05) is 42.5 Å². The Morgan fingerprint density at radius 1 is 1.00 bits per heavy atom. The van der Waals surface area contributed by atoms with E-state index in [9.17, 15) is 5.11 Å². The maximum Gasteiger partial charge on any atom is 0.130 e. The molecule has 28 heavy (non-hydrogen) atoms. The summed E-state index contributed by atoms with van der Waals surface area (Å²) in [6.45, 7) is 6.80. The number of nitrogens with one attached hydrogen (secondary N) is 2. The van der Waals surface area contributed by atoms with Crippen LogP contribution in [0.15, 0.2) is 71.9 Å². The van der Waals surface area contributed by atoms with Crippen molar-refractivity contribution in [2.24, 2.45) is 0 Å². The first-order valence-electron chi connectivity index (χ1n) is 9.24. The molecule has 6 heteroatoms. The van der Waals surface area contributed by atoms with Gasteiger partial charge in [-0.15, -0.1) is 0 Å². The van der Waals surface area contributed by atoms with Crippen molar-refractivity contribution in [3.63, 3.8) is 0 Å². The van der Waals surface area contributed by atoms with Crippen molar-refractivity contribution in [2.75, 3.05) is 11.9 Å². The van der Waals surface area contributed by atoms with Gasteiger partial charge in [-0.25, -0.2) is 9.97 Å². The Balaban J connectivity index is 1.63. The summed E-state index contributed by atoms with van der Waals surface area (Å²) in [7, 11) is 0. The summed E-state index contributed by atoms with van der Waals surface area (Å²) < 4.78 is 3.40. The highest BCUT2D eigenvalue weighted by molar-refractivity contribution is 7.97. The zero-order chi connectivity index (χ0) is 20.0. The lowest BCUT2D eigenvalue weighted by Crippen LogP contribution is -2.29. The lowest BCUT2D eigenvalue weighted by molar-refractivity contribution is 0.191. The SMILES string of the molecule is CC(C)(C)NSc1ccc(-c2cc(NCC(O)c3ccccc3)ncn2)cc1. The second-order valence-corrected chi connectivity index (χ2v) is 8.45. The number of anilines is 1. The van der Waals surface area contributed by atoms with Crippen LogP contribution in [0, 0.1) is 0 Å². The molecular weight excluding hydrogens is 368 g/mol. The van der Waals surface area contributed by atoms with Gasteiger partial charge in [-0.2, -0.15) is 0 Å². The molecule has 0 spiro atoms. The Kier molecular flexibility index (Phi) is 6.67. The molecule has 1 unspecified atom stereocenters. The molecule has 0 aliphatic heterocycles. The largest absolute Gasteiger partial charge is 0.387 e. The Hall–Kier alpha value is -2.41. The van der Waals surface area contributed by atoms with E-state index in [1.54, 1.807) is 11.9 Å². The van der Waals surface area contributed by atoms with Crippen molar-refractivity contribution in [3.05, 3.63) is 72.6 Å². The fourth-order valence-corrected chi connectivity index (χ4v) is 3.21. The molecule has 0 radical (unpaired) electrons. The van der Waals surface area contributed by atoms with Gasteiger partial charge in [0.1, 0.15) is 12.1 Å². The lowest BCUT2D eigenvalue weighted by atomic mass is 10.1. The van der Waals surface area contributed by atoms with E-state index in [4.69, 9.17) is 0 Å². The minimum Gasteiger partial charge on any atom is -0.387 e. The topological polar surface area (TPSA) is 70.1 Å². The van der Waals surface area contributed by atoms with Gasteiger partial charge in [0.15, 0.2) is 0 Å². The standard InChI is InChI=1S/C22H26N4OS/c1-22(2,3)26-28-18-11-9-16(10-12-18)19-13-21(25-15-24-19)23-14-20(27)17-7-5-4-6-8-17/h4-13,15,20,26-27H,14H2,1-3H3,(H,23,24,25). The van der Waals surface area contributed by atoms with Gasteiger partial charge in [0, 0.05) is 28.6 Å². The van der Waals surface area contributed by atoms with E-state index in [0.717, 1.165) is 21.7 Å². The van der Waals surface area contributed by atoms with E-state index in [1.807, 2.05) is 36.4 Å². The third kappa shape index (κ3) is 6.05. The van der Waals surface area contributed by atoms with E-state index in [0.29, 0.717) is 12.4 Å². The third-order valence-electron chi connectivity index (χ3n) is 3.95. The molecule has 3 aromatic rings. The van der Waals surface area contributed by atoms with Gasteiger partial charge in [-0.3, -0.25) is 4.72 Å². The van der Waals surface area contributed by atoms with Crippen molar-refractivity contribution < 1.29 is 5.11 Å². The molecule has 0 amide bonds. The number of benzene rings is 2. The van der Waals surface area contributed by atoms with Gasteiger partial charge in [-0.05, 0) is 50.4 Å². The summed E-state index contributed by atoms with van der Waals surface area (Å²) >= 11 is 1.62. The van der Waals surface area contributed by atoms with Crippen LogP contribution in [0.25, 0.3) is 11.3 Å². The Morgan fingerprint density at radius 2 is 1.71 bits per heavy atom. The summed E-state index contributed by atoms with van der Waals surface area (Å²) in [5, 5.41) is 13.5. The first-order chi connectivity index (χ1) is 13.4. The van der Waals surface area contributed by atoms with Gasteiger partial charge >= 0.3 is 0 Å².